The molecule has 1 N–H and O–H groups in total. The third-order valence-electron chi connectivity index (χ3n) is 2.65. The first-order chi connectivity index (χ1) is 8.05. The van der Waals surface area contributed by atoms with Gasteiger partial charge >= 0.3 is 0 Å². The molecule has 0 spiro atoms. The first-order valence-electron chi connectivity index (χ1n) is 5.19. The molecule has 1 aromatic rings. The average molecular weight is 305 g/mol. The molecule has 0 amide bonds. The van der Waals surface area contributed by atoms with Gasteiger partial charge in [-0.25, -0.2) is 0 Å². The van der Waals surface area contributed by atoms with Crippen LogP contribution in [0.25, 0.3) is 0 Å². The normalized spacial score (nSPS) is 13.5. The van der Waals surface area contributed by atoms with E-state index in [1.807, 2.05) is 12.1 Å². The molecule has 0 aromatic heterocycles. The van der Waals surface area contributed by atoms with Gasteiger partial charge in [0.2, 0.25) is 5.79 Å². The van der Waals surface area contributed by atoms with Crippen LogP contribution in [0, 0.1) is 0 Å². The predicted molar refractivity (Wildman–Crippen MR) is 68.1 cm³/mol. The third-order valence-corrected chi connectivity index (χ3v) is 3.18. The zero-order valence-corrected chi connectivity index (χ0v) is 11.7. The van der Waals surface area contributed by atoms with E-state index in [2.05, 4.69) is 15.9 Å². The number of aliphatic hydroxyl groups excluding tert-OH is 1. The van der Waals surface area contributed by atoms with Crippen molar-refractivity contribution in [3.8, 4) is 5.75 Å². The second-order valence-corrected chi connectivity index (χ2v) is 4.58. The third kappa shape index (κ3) is 3.67. The summed E-state index contributed by atoms with van der Waals surface area (Å²) in [4.78, 5) is 0. The van der Waals surface area contributed by atoms with Crippen molar-refractivity contribution in [1.29, 1.82) is 0 Å². The summed E-state index contributed by atoms with van der Waals surface area (Å²) in [6.45, 7) is 1.51. The van der Waals surface area contributed by atoms with Crippen LogP contribution in [-0.2, 0) is 9.47 Å². The highest BCUT2D eigenvalue weighted by molar-refractivity contribution is 9.10. The van der Waals surface area contributed by atoms with Crippen LogP contribution in [0.3, 0.4) is 0 Å². The quantitative estimate of drug-likeness (QED) is 0.819. The van der Waals surface area contributed by atoms with Gasteiger partial charge in [-0.2, -0.15) is 0 Å². The van der Waals surface area contributed by atoms with E-state index in [0.717, 1.165) is 4.47 Å². The zero-order valence-electron chi connectivity index (χ0n) is 10.1. The SMILES string of the molecule is COC(C)(OC)C(CO)Oc1ccc(Br)cc1. The van der Waals surface area contributed by atoms with Gasteiger partial charge in [-0.3, -0.25) is 0 Å². The maximum Gasteiger partial charge on any atom is 0.204 e. The highest BCUT2D eigenvalue weighted by Crippen LogP contribution is 2.23. The van der Waals surface area contributed by atoms with Gasteiger partial charge in [0.25, 0.3) is 0 Å². The monoisotopic (exact) mass is 304 g/mol. The van der Waals surface area contributed by atoms with E-state index >= 15 is 0 Å². The maximum absolute atomic E-state index is 9.35. The van der Waals surface area contributed by atoms with Crippen molar-refractivity contribution in [2.45, 2.75) is 18.8 Å². The minimum absolute atomic E-state index is 0.200. The molecule has 0 aliphatic carbocycles. The maximum atomic E-state index is 9.35. The van der Waals surface area contributed by atoms with Crippen LogP contribution >= 0.6 is 15.9 Å². The summed E-state index contributed by atoms with van der Waals surface area (Å²) in [5.41, 5.74) is 0. The van der Waals surface area contributed by atoms with Crippen LogP contribution in [-0.4, -0.2) is 37.8 Å². The average Bonchev–Trinajstić information content (AvgIpc) is 2.37. The van der Waals surface area contributed by atoms with E-state index in [-0.39, 0.29) is 6.61 Å². The highest BCUT2D eigenvalue weighted by Gasteiger charge is 2.36. The lowest BCUT2D eigenvalue weighted by atomic mass is 10.2. The summed E-state index contributed by atoms with van der Waals surface area (Å²) in [5.74, 6) is -0.338. The lowest BCUT2D eigenvalue weighted by molar-refractivity contribution is -0.246. The molecule has 4 nitrogen and oxygen atoms in total. The number of rotatable bonds is 6. The van der Waals surface area contributed by atoms with Crippen molar-refractivity contribution in [2.75, 3.05) is 20.8 Å². The minimum atomic E-state index is -0.984. The molecule has 1 unspecified atom stereocenters. The van der Waals surface area contributed by atoms with Crippen LogP contribution in [0.4, 0.5) is 0 Å². The van der Waals surface area contributed by atoms with E-state index < -0.39 is 11.9 Å². The molecule has 5 heteroatoms. The van der Waals surface area contributed by atoms with Gasteiger partial charge in [0.15, 0.2) is 6.10 Å². The second-order valence-electron chi connectivity index (χ2n) is 3.67. The fourth-order valence-corrected chi connectivity index (χ4v) is 1.60. The number of hydrogen-bond donors (Lipinski definition) is 1. The van der Waals surface area contributed by atoms with E-state index in [1.54, 1.807) is 19.1 Å². The smallest absolute Gasteiger partial charge is 0.204 e. The number of ether oxygens (including phenoxy) is 3. The Morgan fingerprint density at radius 3 is 2.18 bits per heavy atom. The van der Waals surface area contributed by atoms with Crippen molar-refractivity contribution in [1.82, 2.24) is 0 Å². The largest absolute Gasteiger partial charge is 0.482 e. The molecule has 1 rings (SSSR count). The molecular weight excluding hydrogens is 288 g/mol. The van der Waals surface area contributed by atoms with Crippen molar-refractivity contribution in [3.05, 3.63) is 28.7 Å². The fourth-order valence-electron chi connectivity index (χ4n) is 1.33. The van der Waals surface area contributed by atoms with Crippen molar-refractivity contribution in [2.24, 2.45) is 0 Å². The Labute approximate surface area is 110 Å². The molecule has 0 heterocycles. The molecule has 0 bridgehead atoms. The first-order valence-corrected chi connectivity index (χ1v) is 5.98. The molecule has 0 radical (unpaired) electrons. The van der Waals surface area contributed by atoms with Crippen LogP contribution in [0.2, 0.25) is 0 Å². The second kappa shape index (κ2) is 6.35. The molecular formula is C12H17BrO4. The lowest BCUT2D eigenvalue weighted by Gasteiger charge is -2.33. The number of halogens is 1. The molecule has 0 fully saturated rings. The Kier molecular flexibility index (Phi) is 5.39. The van der Waals surface area contributed by atoms with E-state index in [4.69, 9.17) is 14.2 Å². The molecule has 0 saturated carbocycles. The van der Waals surface area contributed by atoms with Gasteiger partial charge in [-0.1, -0.05) is 15.9 Å². The van der Waals surface area contributed by atoms with Crippen LogP contribution in [0.15, 0.2) is 28.7 Å². The number of benzene rings is 1. The van der Waals surface area contributed by atoms with Gasteiger partial charge in [-0.05, 0) is 31.2 Å². The molecule has 0 saturated heterocycles. The summed E-state index contributed by atoms with van der Waals surface area (Å²) in [5, 5.41) is 9.35. The molecule has 0 aliphatic heterocycles. The van der Waals surface area contributed by atoms with Crippen LogP contribution < -0.4 is 4.74 Å². The summed E-state index contributed by atoms with van der Waals surface area (Å²) in [6, 6.07) is 7.33. The minimum Gasteiger partial charge on any atom is -0.482 e. The highest BCUT2D eigenvalue weighted by atomic mass is 79.9. The number of aliphatic hydroxyl groups is 1. The standard InChI is InChI=1S/C12H17BrO4/c1-12(15-2,16-3)11(8-14)17-10-6-4-9(13)5-7-10/h4-7,11,14H,8H2,1-3H3. The Morgan fingerprint density at radius 1 is 1.24 bits per heavy atom. The Morgan fingerprint density at radius 2 is 1.76 bits per heavy atom. The topological polar surface area (TPSA) is 47.9 Å². The summed E-state index contributed by atoms with van der Waals surface area (Å²) < 4.78 is 17.0. The summed E-state index contributed by atoms with van der Waals surface area (Å²) in [7, 11) is 3.02. The van der Waals surface area contributed by atoms with Gasteiger partial charge in [0, 0.05) is 18.7 Å². The zero-order chi connectivity index (χ0) is 12.9. The predicted octanol–water partition coefficient (Wildman–Crippen LogP) is 2.20. The van der Waals surface area contributed by atoms with E-state index in [0.29, 0.717) is 5.75 Å². The van der Waals surface area contributed by atoms with Gasteiger partial charge < -0.3 is 19.3 Å². The lowest BCUT2D eigenvalue weighted by Crippen LogP contribution is -2.48. The van der Waals surface area contributed by atoms with E-state index in [9.17, 15) is 5.11 Å². The van der Waals surface area contributed by atoms with E-state index in [1.165, 1.54) is 14.2 Å². The Balaban J connectivity index is 2.79. The molecule has 96 valence electrons. The Hall–Kier alpha value is -0.620. The van der Waals surface area contributed by atoms with Crippen LogP contribution in [0.1, 0.15) is 6.92 Å². The molecule has 17 heavy (non-hydrogen) atoms. The van der Waals surface area contributed by atoms with Gasteiger partial charge in [0.1, 0.15) is 5.75 Å². The number of methoxy groups -OCH3 is 2. The first kappa shape index (κ1) is 14.4. The summed E-state index contributed by atoms with van der Waals surface area (Å²) in [6.07, 6.45) is -0.598. The summed E-state index contributed by atoms with van der Waals surface area (Å²) >= 11 is 3.34. The fraction of sp³-hybridized carbons (Fsp3) is 0.500. The Bertz CT molecular complexity index is 335. The van der Waals surface area contributed by atoms with Crippen molar-refractivity contribution < 1.29 is 19.3 Å². The molecule has 1 atom stereocenters. The van der Waals surface area contributed by atoms with Gasteiger partial charge in [-0.15, -0.1) is 0 Å². The number of hydrogen-bond acceptors (Lipinski definition) is 4. The van der Waals surface area contributed by atoms with Gasteiger partial charge in [0.05, 0.1) is 6.61 Å². The van der Waals surface area contributed by atoms with Crippen molar-refractivity contribution >= 4 is 15.9 Å². The molecule has 1 aromatic carbocycles. The molecule has 0 aliphatic rings. The van der Waals surface area contributed by atoms with Crippen LogP contribution in [0.5, 0.6) is 5.75 Å². The van der Waals surface area contributed by atoms with Crippen molar-refractivity contribution in [3.63, 3.8) is 0 Å².